The van der Waals surface area contributed by atoms with E-state index in [-0.39, 0.29) is 11.3 Å². The zero-order valence-electron chi connectivity index (χ0n) is 13.6. The van der Waals surface area contributed by atoms with Crippen molar-refractivity contribution in [3.8, 4) is 0 Å². The lowest BCUT2D eigenvalue weighted by Crippen LogP contribution is -2.45. The van der Waals surface area contributed by atoms with E-state index >= 15 is 0 Å². The lowest BCUT2D eigenvalue weighted by Gasteiger charge is -2.32. The van der Waals surface area contributed by atoms with Gasteiger partial charge in [-0.3, -0.25) is 4.79 Å². The molecule has 23 heavy (non-hydrogen) atoms. The number of hydrogen-bond donors (Lipinski definition) is 1. The number of carbonyl (C=O) groups is 1. The predicted octanol–water partition coefficient (Wildman–Crippen LogP) is 4.12. The maximum Gasteiger partial charge on any atom is 0.282 e. The number of benzene rings is 1. The Labute approximate surface area is 145 Å². The molecule has 0 saturated carbocycles. The van der Waals surface area contributed by atoms with Crippen molar-refractivity contribution in [3.05, 3.63) is 39.1 Å². The minimum Gasteiger partial charge on any atom is -0.509 e. The highest BCUT2D eigenvalue weighted by Gasteiger charge is 2.49. The zero-order valence-corrected chi connectivity index (χ0v) is 15.1. The first-order valence-corrected chi connectivity index (χ1v) is 7.80. The van der Waals surface area contributed by atoms with Crippen LogP contribution in [0.3, 0.4) is 0 Å². The van der Waals surface area contributed by atoms with E-state index in [0.717, 1.165) is 5.06 Å². The average molecular weight is 360 g/mol. The van der Waals surface area contributed by atoms with E-state index in [1.807, 2.05) is 0 Å². The molecule has 1 aliphatic rings. The standard InChI is InChI=1S/C16H19Cl2NO4/c1-8-6-10(17)7-11(18)12(8)13-14(20)16(3,4)19(15(13)21)23-9(2)22-5/h6-7,9,20H,1-5H3. The minimum absolute atomic E-state index is 0.109. The van der Waals surface area contributed by atoms with E-state index in [9.17, 15) is 9.90 Å². The van der Waals surface area contributed by atoms with Crippen LogP contribution >= 0.6 is 23.2 Å². The van der Waals surface area contributed by atoms with Crippen molar-refractivity contribution in [3.63, 3.8) is 0 Å². The molecule has 0 saturated heterocycles. The van der Waals surface area contributed by atoms with E-state index < -0.39 is 17.7 Å². The van der Waals surface area contributed by atoms with Gasteiger partial charge in [0.25, 0.3) is 5.91 Å². The number of aliphatic hydroxyl groups is 1. The molecule has 1 unspecified atom stereocenters. The van der Waals surface area contributed by atoms with Crippen LogP contribution < -0.4 is 0 Å². The largest absolute Gasteiger partial charge is 0.509 e. The van der Waals surface area contributed by atoms with Crippen molar-refractivity contribution in [2.45, 2.75) is 39.5 Å². The topological polar surface area (TPSA) is 59.0 Å². The molecule has 0 spiro atoms. The van der Waals surface area contributed by atoms with Gasteiger partial charge in [0.2, 0.25) is 0 Å². The van der Waals surface area contributed by atoms with E-state index in [1.165, 1.54) is 13.2 Å². The molecule has 1 aliphatic heterocycles. The van der Waals surface area contributed by atoms with Gasteiger partial charge in [-0.05, 0) is 45.4 Å². The van der Waals surface area contributed by atoms with Gasteiger partial charge in [-0.1, -0.05) is 23.2 Å². The molecule has 1 heterocycles. The highest BCUT2D eigenvalue weighted by Crippen LogP contribution is 2.42. The summed E-state index contributed by atoms with van der Waals surface area (Å²) < 4.78 is 5.03. The average Bonchev–Trinajstić information content (AvgIpc) is 2.60. The Balaban J connectivity index is 2.56. The second-order valence-corrected chi connectivity index (χ2v) is 6.71. The Hall–Kier alpha value is -1.27. The normalized spacial score (nSPS) is 18.7. The van der Waals surface area contributed by atoms with Crippen molar-refractivity contribution in [1.82, 2.24) is 5.06 Å². The Bertz CT molecular complexity index is 662. The maximum atomic E-state index is 12.8. The number of nitrogens with zero attached hydrogens (tertiary/aromatic N) is 1. The number of aryl methyl sites for hydroxylation is 1. The number of amides is 1. The number of methoxy groups -OCH3 is 1. The number of aliphatic hydroxyl groups excluding tert-OH is 1. The Morgan fingerprint density at radius 2 is 1.91 bits per heavy atom. The summed E-state index contributed by atoms with van der Waals surface area (Å²) >= 11 is 12.2. The number of hydroxylamine groups is 2. The monoisotopic (exact) mass is 359 g/mol. The van der Waals surface area contributed by atoms with E-state index in [1.54, 1.807) is 33.8 Å². The van der Waals surface area contributed by atoms with Gasteiger partial charge in [-0.15, -0.1) is 0 Å². The highest BCUT2D eigenvalue weighted by molar-refractivity contribution is 6.38. The molecule has 5 nitrogen and oxygen atoms in total. The molecule has 126 valence electrons. The fourth-order valence-electron chi connectivity index (χ4n) is 2.47. The molecule has 1 aromatic rings. The summed E-state index contributed by atoms with van der Waals surface area (Å²) in [5.41, 5.74) is 0.198. The lowest BCUT2D eigenvalue weighted by atomic mass is 9.96. The van der Waals surface area contributed by atoms with Crippen molar-refractivity contribution in [2.75, 3.05) is 7.11 Å². The zero-order chi connectivity index (χ0) is 17.5. The second kappa shape index (κ2) is 6.32. The minimum atomic E-state index is -1.05. The summed E-state index contributed by atoms with van der Waals surface area (Å²) in [5, 5.41) is 12.5. The number of ether oxygens (including phenoxy) is 1. The summed E-state index contributed by atoms with van der Waals surface area (Å²) in [7, 11) is 1.46. The van der Waals surface area contributed by atoms with Crippen molar-refractivity contribution < 1.29 is 19.5 Å². The molecular formula is C16H19Cl2NO4. The van der Waals surface area contributed by atoms with Crippen molar-refractivity contribution in [1.29, 1.82) is 0 Å². The lowest BCUT2D eigenvalue weighted by molar-refractivity contribution is -0.276. The van der Waals surface area contributed by atoms with Crippen LogP contribution in [0.1, 0.15) is 31.9 Å². The van der Waals surface area contributed by atoms with Gasteiger partial charge in [0.05, 0.1) is 10.6 Å². The number of halogens is 2. The van der Waals surface area contributed by atoms with Crippen LogP contribution in [0, 0.1) is 6.92 Å². The fourth-order valence-corrected chi connectivity index (χ4v) is 3.16. The molecule has 2 rings (SSSR count). The molecule has 0 radical (unpaired) electrons. The first-order valence-electron chi connectivity index (χ1n) is 7.05. The Morgan fingerprint density at radius 3 is 2.43 bits per heavy atom. The molecule has 0 bridgehead atoms. The predicted molar refractivity (Wildman–Crippen MR) is 89.2 cm³/mol. The Morgan fingerprint density at radius 1 is 1.30 bits per heavy atom. The van der Waals surface area contributed by atoms with Gasteiger partial charge in [0, 0.05) is 17.7 Å². The van der Waals surface area contributed by atoms with Crippen molar-refractivity contribution in [2.24, 2.45) is 0 Å². The van der Waals surface area contributed by atoms with Gasteiger partial charge in [-0.25, -0.2) is 9.90 Å². The second-order valence-electron chi connectivity index (χ2n) is 5.87. The SMILES string of the molecule is COC(C)ON1C(=O)C(c2c(C)cc(Cl)cc2Cl)=C(O)C1(C)C. The molecule has 7 heteroatoms. The summed E-state index contributed by atoms with van der Waals surface area (Å²) in [4.78, 5) is 18.3. The molecule has 1 aromatic carbocycles. The van der Waals surface area contributed by atoms with Crippen LogP contribution in [0.25, 0.3) is 5.57 Å². The van der Waals surface area contributed by atoms with Gasteiger partial charge in [0.1, 0.15) is 11.3 Å². The van der Waals surface area contributed by atoms with Crippen LogP contribution in [0.5, 0.6) is 0 Å². The molecule has 1 N–H and O–H groups in total. The summed E-state index contributed by atoms with van der Waals surface area (Å²) in [6, 6.07) is 3.22. The van der Waals surface area contributed by atoms with Crippen molar-refractivity contribution >= 4 is 34.7 Å². The highest BCUT2D eigenvalue weighted by atomic mass is 35.5. The van der Waals surface area contributed by atoms with Gasteiger partial charge < -0.3 is 9.84 Å². The summed E-state index contributed by atoms with van der Waals surface area (Å²) in [5.74, 6) is -0.596. The first kappa shape index (κ1) is 18.1. The van der Waals surface area contributed by atoms with Crippen LogP contribution in [0.2, 0.25) is 10.0 Å². The number of hydrogen-bond acceptors (Lipinski definition) is 4. The molecule has 1 atom stereocenters. The van der Waals surface area contributed by atoms with Crippen LogP contribution in [0.15, 0.2) is 17.9 Å². The van der Waals surface area contributed by atoms with E-state index in [0.29, 0.717) is 21.2 Å². The molecule has 0 aromatic heterocycles. The first-order chi connectivity index (χ1) is 10.6. The van der Waals surface area contributed by atoms with Gasteiger partial charge >= 0.3 is 0 Å². The smallest absolute Gasteiger partial charge is 0.282 e. The Kier molecular flexibility index (Phi) is 4.97. The van der Waals surface area contributed by atoms with Crippen LogP contribution in [0.4, 0.5) is 0 Å². The quantitative estimate of drug-likeness (QED) is 0.821. The van der Waals surface area contributed by atoms with Crippen LogP contribution in [-0.2, 0) is 14.4 Å². The molecule has 1 amide bonds. The molecule has 0 fully saturated rings. The van der Waals surface area contributed by atoms with Crippen LogP contribution in [-0.4, -0.2) is 35.0 Å². The molecular weight excluding hydrogens is 341 g/mol. The number of rotatable bonds is 4. The maximum absolute atomic E-state index is 12.8. The summed E-state index contributed by atoms with van der Waals surface area (Å²) in [6.07, 6.45) is -0.646. The summed E-state index contributed by atoms with van der Waals surface area (Å²) in [6.45, 7) is 6.78. The van der Waals surface area contributed by atoms with E-state index in [2.05, 4.69) is 0 Å². The van der Waals surface area contributed by atoms with E-state index in [4.69, 9.17) is 32.8 Å². The fraction of sp³-hybridized carbons (Fsp3) is 0.438. The third-order valence-corrected chi connectivity index (χ3v) is 4.33. The third-order valence-electron chi connectivity index (χ3n) is 3.81. The van der Waals surface area contributed by atoms with Gasteiger partial charge in [0.15, 0.2) is 6.29 Å². The molecule has 0 aliphatic carbocycles. The van der Waals surface area contributed by atoms with Gasteiger partial charge in [-0.2, -0.15) is 0 Å². The third kappa shape index (κ3) is 3.06. The number of carbonyl (C=O) groups excluding carboxylic acids is 1.